The number of hydrogen-bond donors (Lipinski definition) is 0. The lowest BCUT2D eigenvalue weighted by Gasteiger charge is -2.33. The van der Waals surface area contributed by atoms with Gasteiger partial charge >= 0.3 is 0 Å². The van der Waals surface area contributed by atoms with Crippen molar-refractivity contribution in [3.63, 3.8) is 0 Å². The molecule has 1 fully saturated rings. The topological polar surface area (TPSA) is 39.5 Å². The van der Waals surface area contributed by atoms with Crippen LogP contribution in [0.15, 0.2) is 28.9 Å². The van der Waals surface area contributed by atoms with Crippen molar-refractivity contribution in [1.82, 2.24) is 14.7 Å². The fraction of sp³-hybridized carbons (Fsp3) is 0.500. The maximum atomic E-state index is 5.73. The summed E-state index contributed by atoms with van der Waals surface area (Å²) in [6.07, 6.45) is 4.35. The normalized spacial score (nSPS) is 21.0. The van der Waals surface area contributed by atoms with Crippen LogP contribution >= 0.6 is 15.9 Å². The molecule has 1 aromatic carbocycles. The fourth-order valence-corrected chi connectivity index (χ4v) is 4.14. The molecular weight excluding hydrogens is 370 g/mol. The zero-order valence-electron chi connectivity index (χ0n) is 13.9. The predicted octanol–water partition coefficient (Wildman–Crippen LogP) is 3.33. The molecule has 0 aliphatic carbocycles. The summed E-state index contributed by atoms with van der Waals surface area (Å²) in [5, 5.41) is 4.32. The summed E-state index contributed by atoms with van der Waals surface area (Å²) >= 11 is 3.69. The summed E-state index contributed by atoms with van der Waals surface area (Å²) in [5.41, 5.74) is 2.59. The Morgan fingerprint density at radius 3 is 2.79 bits per heavy atom. The number of aromatic nitrogens is 2. The molecule has 0 bridgehead atoms. The minimum atomic E-state index is 0.558. The Labute approximate surface area is 150 Å². The van der Waals surface area contributed by atoms with E-state index in [1.165, 1.54) is 24.1 Å². The molecule has 0 N–H and O–H groups in total. The first kappa shape index (κ1) is 16.0. The Hall–Kier alpha value is -1.53. The molecule has 24 heavy (non-hydrogen) atoms. The predicted molar refractivity (Wildman–Crippen MR) is 95.6 cm³/mol. The van der Waals surface area contributed by atoms with Crippen LogP contribution < -0.4 is 9.47 Å². The van der Waals surface area contributed by atoms with Crippen LogP contribution in [0.5, 0.6) is 11.5 Å². The number of halogens is 1. The van der Waals surface area contributed by atoms with Crippen LogP contribution in [0.3, 0.4) is 0 Å². The number of aryl methyl sites for hydroxylation is 1. The van der Waals surface area contributed by atoms with E-state index < -0.39 is 0 Å². The van der Waals surface area contributed by atoms with E-state index in [4.69, 9.17) is 9.47 Å². The Balaban J connectivity index is 1.50. The number of fused-ring (bicyclic) bond motifs is 1. The minimum absolute atomic E-state index is 0.558. The lowest BCUT2D eigenvalue weighted by molar-refractivity contribution is 0.169. The van der Waals surface area contributed by atoms with E-state index in [1.807, 2.05) is 24.0 Å². The molecule has 2 aliphatic heterocycles. The van der Waals surface area contributed by atoms with Gasteiger partial charge in [-0.05, 0) is 43.1 Å². The Morgan fingerprint density at radius 1 is 1.25 bits per heavy atom. The first-order valence-electron chi connectivity index (χ1n) is 8.49. The SMILES string of the molecule is Cn1nccc1[C@@H]1CCCN(Cc2cc3c(cc2Br)OCCO3)C1. The van der Waals surface area contributed by atoms with E-state index in [1.54, 1.807) is 0 Å². The summed E-state index contributed by atoms with van der Waals surface area (Å²) in [4.78, 5) is 2.53. The third-order valence-electron chi connectivity index (χ3n) is 4.89. The first-order valence-corrected chi connectivity index (χ1v) is 9.28. The summed E-state index contributed by atoms with van der Waals surface area (Å²) < 4.78 is 14.5. The van der Waals surface area contributed by atoms with E-state index in [0.717, 1.165) is 35.6 Å². The fourth-order valence-electron chi connectivity index (χ4n) is 3.69. The van der Waals surface area contributed by atoms with Gasteiger partial charge in [0.25, 0.3) is 0 Å². The number of hydrogen-bond acceptors (Lipinski definition) is 4. The van der Waals surface area contributed by atoms with Crippen LogP contribution in [0.4, 0.5) is 0 Å². The van der Waals surface area contributed by atoms with Crippen molar-refractivity contribution in [2.45, 2.75) is 25.3 Å². The monoisotopic (exact) mass is 391 g/mol. The van der Waals surface area contributed by atoms with E-state index >= 15 is 0 Å². The molecule has 5 nitrogen and oxygen atoms in total. The van der Waals surface area contributed by atoms with Crippen LogP contribution in [0.2, 0.25) is 0 Å². The van der Waals surface area contributed by atoms with Gasteiger partial charge in [0.2, 0.25) is 0 Å². The Morgan fingerprint density at radius 2 is 2.04 bits per heavy atom. The van der Waals surface area contributed by atoms with Crippen molar-refractivity contribution in [3.8, 4) is 11.5 Å². The number of ether oxygens (including phenoxy) is 2. The molecular formula is C18H22BrN3O2. The average molecular weight is 392 g/mol. The molecule has 1 saturated heterocycles. The third kappa shape index (κ3) is 3.17. The van der Waals surface area contributed by atoms with Crippen LogP contribution in [-0.2, 0) is 13.6 Å². The van der Waals surface area contributed by atoms with Gasteiger partial charge in [-0.3, -0.25) is 9.58 Å². The molecule has 6 heteroatoms. The highest BCUT2D eigenvalue weighted by atomic mass is 79.9. The molecule has 0 spiro atoms. The van der Waals surface area contributed by atoms with E-state index in [0.29, 0.717) is 19.1 Å². The lowest BCUT2D eigenvalue weighted by Crippen LogP contribution is -2.34. The number of rotatable bonds is 3. The van der Waals surface area contributed by atoms with Crippen molar-refractivity contribution < 1.29 is 9.47 Å². The molecule has 0 unspecified atom stereocenters. The summed E-state index contributed by atoms with van der Waals surface area (Å²) in [6, 6.07) is 6.30. The Bertz CT molecular complexity index is 731. The largest absolute Gasteiger partial charge is 0.486 e. The van der Waals surface area contributed by atoms with Gasteiger partial charge in [-0.1, -0.05) is 15.9 Å². The highest BCUT2D eigenvalue weighted by Gasteiger charge is 2.24. The average Bonchev–Trinajstić information content (AvgIpc) is 3.02. The van der Waals surface area contributed by atoms with Crippen LogP contribution in [0.25, 0.3) is 0 Å². The second-order valence-electron chi connectivity index (χ2n) is 6.54. The van der Waals surface area contributed by atoms with E-state index in [2.05, 4.69) is 38.1 Å². The van der Waals surface area contributed by atoms with Crippen molar-refractivity contribution in [2.24, 2.45) is 7.05 Å². The molecule has 128 valence electrons. The first-order chi connectivity index (χ1) is 11.7. The molecule has 2 aliphatic rings. The van der Waals surface area contributed by atoms with Crippen LogP contribution in [0.1, 0.15) is 30.0 Å². The molecule has 1 aromatic heterocycles. The van der Waals surface area contributed by atoms with E-state index in [9.17, 15) is 0 Å². The van der Waals surface area contributed by atoms with Gasteiger partial charge in [-0.25, -0.2) is 0 Å². The zero-order chi connectivity index (χ0) is 16.5. The maximum Gasteiger partial charge on any atom is 0.162 e. The van der Waals surface area contributed by atoms with E-state index in [-0.39, 0.29) is 0 Å². The lowest BCUT2D eigenvalue weighted by atomic mass is 9.94. The highest BCUT2D eigenvalue weighted by molar-refractivity contribution is 9.10. The number of piperidine rings is 1. The molecule has 2 aromatic rings. The van der Waals surface area contributed by atoms with Crippen molar-refractivity contribution >= 4 is 15.9 Å². The van der Waals surface area contributed by atoms with Gasteiger partial charge < -0.3 is 9.47 Å². The minimum Gasteiger partial charge on any atom is -0.486 e. The summed E-state index contributed by atoms with van der Waals surface area (Å²) in [5.74, 6) is 2.25. The van der Waals surface area contributed by atoms with Crippen molar-refractivity contribution in [1.29, 1.82) is 0 Å². The quantitative estimate of drug-likeness (QED) is 0.804. The van der Waals surface area contributed by atoms with Gasteiger partial charge in [0.15, 0.2) is 11.5 Å². The van der Waals surface area contributed by atoms with Crippen LogP contribution in [-0.4, -0.2) is 41.0 Å². The van der Waals surface area contributed by atoms with Gasteiger partial charge in [0.05, 0.1) is 0 Å². The third-order valence-corrected chi connectivity index (χ3v) is 5.63. The number of nitrogens with zero attached hydrogens (tertiary/aromatic N) is 3. The molecule has 0 saturated carbocycles. The van der Waals surface area contributed by atoms with Crippen molar-refractivity contribution in [2.75, 3.05) is 26.3 Å². The highest BCUT2D eigenvalue weighted by Crippen LogP contribution is 2.36. The molecule has 3 heterocycles. The second kappa shape index (κ2) is 6.76. The van der Waals surface area contributed by atoms with Gasteiger partial charge in [0.1, 0.15) is 13.2 Å². The molecule has 0 amide bonds. The van der Waals surface area contributed by atoms with Crippen LogP contribution in [0, 0.1) is 0 Å². The smallest absolute Gasteiger partial charge is 0.162 e. The maximum absolute atomic E-state index is 5.73. The molecule has 4 rings (SSSR count). The van der Waals surface area contributed by atoms with Gasteiger partial charge in [0, 0.05) is 42.4 Å². The van der Waals surface area contributed by atoms with Gasteiger partial charge in [-0.15, -0.1) is 0 Å². The number of benzene rings is 1. The number of likely N-dealkylation sites (tertiary alicyclic amines) is 1. The molecule has 1 atom stereocenters. The summed E-state index contributed by atoms with van der Waals surface area (Å²) in [6.45, 7) is 4.37. The Kier molecular flexibility index (Phi) is 4.50. The molecule has 0 radical (unpaired) electrons. The zero-order valence-corrected chi connectivity index (χ0v) is 15.5. The van der Waals surface area contributed by atoms with Crippen molar-refractivity contribution in [3.05, 3.63) is 40.1 Å². The summed E-state index contributed by atoms with van der Waals surface area (Å²) in [7, 11) is 2.03. The second-order valence-corrected chi connectivity index (χ2v) is 7.40. The standard InChI is InChI=1S/C18H22BrN3O2/c1-21-16(4-5-20-21)13-3-2-6-22(11-13)12-14-9-17-18(10-15(14)19)24-8-7-23-17/h4-5,9-10,13H,2-3,6-8,11-12H2,1H3/t13-/m1/s1. The van der Waals surface area contributed by atoms with Gasteiger partial charge in [-0.2, -0.15) is 5.10 Å².